The number of aromatic nitrogens is 1. The van der Waals surface area contributed by atoms with Crippen molar-refractivity contribution in [2.24, 2.45) is 0 Å². The van der Waals surface area contributed by atoms with Gasteiger partial charge in [0.1, 0.15) is 5.06 Å². The summed E-state index contributed by atoms with van der Waals surface area (Å²) >= 11 is 3.38. The van der Waals surface area contributed by atoms with Crippen molar-refractivity contribution in [3.63, 3.8) is 0 Å². The van der Waals surface area contributed by atoms with Crippen LogP contribution in [0.4, 0.5) is 5.69 Å². The standard InChI is InChI=1S/C35H30N3OS2.Pt/c1-21-22(2)38(20-37(21)6)26-8-7-9-27(17-26)39-33-19-29-32(41-33)15-24-14-23-11-13-40-31(23)18-28(24)34(29)30-16-25(10-12-36-30)35(3,4)5;/h7-16,18,20H,1-6H3;/q-3;. The summed E-state index contributed by atoms with van der Waals surface area (Å²) in [6.07, 6.45) is 1.93. The van der Waals surface area contributed by atoms with Crippen LogP contribution in [0.25, 0.3) is 42.2 Å². The Morgan fingerprint density at radius 1 is 0.929 bits per heavy atom. The fraction of sp³-hybridized carbons (Fsp3) is 0.200. The zero-order chi connectivity index (χ0) is 28.5. The fourth-order valence-electron chi connectivity index (χ4n) is 5.37. The maximum absolute atomic E-state index is 6.43. The molecule has 1 aliphatic rings. The first kappa shape index (κ1) is 28.9. The van der Waals surface area contributed by atoms with E-state index in [1.54, 1.807) is 22.7 Å². The minimum absolute atomic E-state index is 0. The molecule has 0 unspecified atom stereocenters. The largest absolute Gasteiger partial charge is 0.508 e. The summed E-state index contributed by atoms with van der Waals surface area (Å²) in [6, 6.07) is 26.5. The van der Waals surface area contributed by atoms with E-state index in [2.05, 4.69) is 118 Å². The van der Waals surface area contributed by atoms with Crippen LogP contribution in [0.15, 0.2) is 77.6 Å². The first-order chi connectivity index (χ1) is 19.7. The quantitative estimate of drug-likeness (QED) is 0.167. The third-order valence-corrected chi connectivity index (χ3v) is 9.70. The van der Waals surface area contributed by atoms with Crippen LogP contribution >= 0.6 is 22.7 Å². The van der Waals surface area contributed by atoms with Gasteiger partial charge >= 0.3 is 0 Å². The summed E-state index contributed by atoms with van der Waals surface area (Å²) in [6.45, 7) is 13.0. The van der Waals surface area contributed by atoms with E-state index in [1.165, 1.54) is 37.8 Å². The first-order valence-corrected chi connectivity index (χ1v) is 15.4. The third kappa shape index (κ3) is 5.04. The number of benzene rings is 3. The van der Waals surface area contributed by atoms with Crippen LogP contribution in [0.5, 0.6) is 10.8 Å². The molecule has 1 aliphatic heterocycles. The van der Waals surface area contributed by atoms with Gasteiger partial charge in [0.15, 0.2) is 0 Å². The van der Waals surface area contributed by atoms with Crippen LogP contribution in [-0.2, 0) is 26.5 Å². The van der Waals surface area contributed by atoms with Crippen LogP contribution in [-0.4, -0.2) is 16.9 Å². The fourth-order valence-corrected chi connectivity index (χ4v) is 7.10. The van der Waals surface area contributed by atoms with E-state index >= 15 is 0 Å². The Morgan fingerprint density at radius 2 is 1.76 bits per heavy atom. The molecule has 0 radical (unpaired) electrons. The number of ether oxygens (including phenoxy) is 1. The van der Waals surface area contributed by atoms with Gasteiger partial charge in [0.05, 0.1) is 0 Å². The van der Waals surface area contributed by atoms with Crippen LogP contribution in [0.1, 0.15) is 40.2 Å². The number of nitrogens with zero attached hydrogens (tertiary/aromatic N) is 3. The number of hydrogen-bond donors (Lipinski definition) is 0. The molecule has 3 aromatic carbocycles. The molecule has 0 saturated heterocycles. The van der Waals surface area contributed by atoms with E-state index in [4.69, 9.17) is 9.72 Å². The van der Waals surface area contributed by atoms with Crippen LogP contribution in [0, 0.1) is 18.8 Å². The Kier molecular flexibility index (Phi) is 7.45. The molecule has 7 heteroatoms. The minimum atomic E-state index is 0. The van der Waals surface area contributed by atoms with Gasteiger partial charge in [-0.3, -0.25) is 4.98 Å². The molecule has 7 rings (SSSR count). The topological polar surface area (TPSA) is 28.6 Å². The predicted molar refractivity (Wildman–Crippen MR) is 174 cm³/mol. The number of thiophene rings is 2. The van der Waals surface area contributed by atoms with E-state index < -0.39 is 0 Å². The van der Waals surface area contributed by atoms with Crippen molar-refractivity contribution in [3.05, 3.63) is 102 Å². The van der Waals surface area contributed by atoms with E-state index in [1.807, 2.05) is 18.3 Å². The zero-order valence-electron chi connectivity index (χ0n) is 24.3. The van der Waals surface area contributed by atoms with Gasteiger partial charge in [0.25, 0.3) is 0 Å². The molecule has 0 bridgehead atoms. The summed E-state index contributed by atoms with van der Waals surface area (Å²) < 4.78 is 8.82. The van der Waals surface area contributed by atoms with Crippen molar-refractivity contribution in [3.8, 4) is 22.1 Å². The van der Waals surface area contributed by atoms with E-state index in [0.29, 0.717) is 10.8 Å². The molecule has 0 fully saturated rings. The summed E-state index contributed by atoms with van der Waals surface area (Å²) in [7, 11) is 2.06. The summed E-state index contributed by atoms with van der Waals surface area (Å²) in [5.74, 6) is 0.665. The van der Waals surface area contributed by atoms with Gasteiger partial charge in [0, 0.05) is 49.1 Å². The van der Waals surface area contributed by atoms with Gasteiger partial charge in [-0.05, 0) is 84.1 Å². The number of fused-ring (bicyclic) bond motifs is 3. The van der Waals surface area contributed by atoms with E-state index in [9.17, 15) is 0 Å². The molecule has 0 saturated carbocycles. The summed E-state index contributed by atoms with van der Waals surface area (Å²) in [4.78, 5) is 9.14. The van der Waals surface area contributed by atoms with E-state index in [-0.39, 0.29) is 26.5 Å². The van der Waals surface area contributed by atoms with Gasteiger partial charge in [-0.15, -0.1) is 41.3 Å². The predicted octanol–water partition coefficient (Wildman–Crippen LogP) is 10.1. The molecule has 0 aliphatic carbocycles. The SMILES string of the molecule is CC1=C(C)N(c2[c-]c(Oc3[c-]c4c(-c5cc(C(C)(C)C)ccn5)c5cc6sccc6cc5cc4s3)ccc2)[CH-]N1C.[Pt]. The maximum Gasteiger partial charge on any atom is 0.107 e. The van der Waals surface area contributed by atoms with Gasteiger partial charge in [-0.25, -0.2) is 0 Å². The second-order valence-electron chi connectivity index (χ2n) is 11.6. The van der Waals surface area contributed by atoms with Gasteiger partial charge in [0.2, 0.25) is 0 Å². The Balaban J connectivity index is 0.00000316. The van der Waals surface area contributed by atoms with Crippen LogP contribution in [0.3, 0.4) is 0 Å². The Hall–Kier alpha value is -3.18. The van der Waals surface area contributed by atoms with Crippen molar-refractivity contribution in [2.45, 2.75) is 40.0 Å². The summed E-state index contributed by atoms with van der Waals surface area (Å²) in [5, 5.41) is 7.55. The monoisotopic (exact) mass is 767 g/mol. The Morgan fingerprint density at radius 3 is 2.52 bits per heavy atom. The summed E-state index contributed by atoms with van der Waals surface area (Å²) in [5.41, 5.74) is 6.68. The minimum Gasteiger partial charge on any atom is -0.508 e. The Labute approximate surface area is 269 Å². The molecule has 4 heterocycles. The molecule has 0 atom stereocenters. The smallest absolute Gasteiger partial charge is 0.107 e. The van der Waals surface area contributed by atoms with Crippen molar-refractivity contribution in [1.82, 2.24) is 9.88 Å². The molecule has 3 aromatic heterocycles. The number of hydrogen-bond acceptors (Lipinski definition) is 6. The van der Waals surface area contributed by atoms with Crippen molar-refractivity contribution in [2.75, 3.05) is 11.9 Å². The zero-order valence-corrected chi connectivity index (χ0v) is 28.2. The molecular weight excluding hydrogens is 738 g/mol. The average molecular weight is 768 g/mol. The number of anilines is 1. The molecule has 216 valence electrons. The van der Waals surface area contributed by atoms with E-state index in [0.717, 1.165) is 27.0 Å². The molecule has 0 spiro atoms. The molecular formula is C35H30N3OPtS2-3. The van der Waals surface area contributed by atoms with Crippen molar-refractivity contribution >= 4 is 59.3 Å². The van der Waals surface area contributed by atoms with Crippen molar-refractivity contribution in [1.29, 1.82) is 0 Å². The van der Waals surface area contributed by atoms with Gasteiger partial charge in [-0.1, -0.05) is 42.5 Å². The second-order valence-corrected chi connectivity index (χ2v) is 13.6. The second kappa shape index (κ2) is 10.8. The third-order valence-electron chi connectivity index (χ3n) is 7.91. The number of allylic oxidation sites excluding steroid dienone is 2. The molecule has 0 amide bonds. The molecule has 42 heavy (non-hydrogen) atoms. The maximum atomic E-state index is 6.43. The number of pyridine rings is 1. The van der Waals surface area contributed by atoms with Crippen LogP contribution in [0.2, 0.25) is 0 Å². The van der Waals surface area contributed by atoms with Crippen LogP contribution < -0.4 is 9.64 Å². The first-order valence-electron chi connectivity index (χ1n) is 13.7. The average Bonchev–Trinajstić information content (AvgIpc) is 3.64. The van der Waals surface area contributed by atoms with Gasteiger partial charge in [-0.2, -0.15) is 29.5 Å². The number of rotatable bonds is 4. The Bertz CT molecular complexity index is 2000. The molecule has 6 aromatic rings. The molecule has 4 nitrogen and oxygen atoms in total. The van der Waals surface area contributed by atoms with Gasteiger partial charge < -0.3 is 14.5 Å². The normalized spacial score (nSPS) is 14.0. The van der Waals surface area contributed by atoms with Crippen molar-refractivity contribution < 1.29 is 25.8 Å². The molecule has 0 N–H and O–H groups in total.